The minimum atomic E-state index is -3.87. The Balaban J connectivity index is 2.40. The number of unbranched alkanes of at least 4 members (excludes halogenated alkanes) is 1. The van der Waals surface area contributed by atoms with Gasteiger partial charge >= 0.3 is 13.6 Å². The Hall–Kier alpha value is -1.66. The van der Waals surface area contributed by atoms with Crippen molar-refractivity contribution in [2.75, 3.05) is 13.2 Å². The molecule has 1 atom stereocenters. The van der Waals surface area contributed by atoms with Crippen molar-refractivity contribution >= 4 is 25.2 Å². The number of carboxylic acid groups (broad SMARTS) is 1. The molecule has 0 aliphatic rings. The van der Waals surface area contributed by atoms with Crippen molar-refractivity contribution in [3.05, 3.63) is 40.9 Å². The van der Waals surface area contributed by atoms with E-state index in [9.17, 15) is 14.5 Å². The maximum Gasteiger partial charge on any atom is 0.345 e. The van der Waals surface area contributed by atoms with Crippen LogP contribution >= 0.6 is 19.2 Å². The van der Waals surface area contributed by atoms with Crippen molar-refractivity contribution in [1.82, 2.24) is 4.98 Å². The van der Waals surface area contributed by atoms with Gasteiger partial charge in [-0.05, 0) is 32.4 Å². The van der Waals surface area contributed by atoms with Crippen molar-refractivity contribution in [2.45, 2.75) is 52.1 Å². The van der Waals surface area contributed by atoms with E-state index in [0.717, 1.165) is 18.4 Å². The normalized spacial score (nSPS) is 12.8. The van der Waals surface area contributed by atoms with Crippen molar-refractivity contribution in [1.29, 1.82) is 0 Å². The van der Waals surface area contributed by atoms with Gasteiger partial charge in [0.05, 0.1) is 13.2 Å². The summed E-state index contributed by atoms with van der Waals surface area (Å²) in [5.74, 6) is -0.430. The summed E-state index contributed by atoms with van der Waals surface area (Å²) in [5, 5.41) is 10.3. The number of carbonyl (C=O) groups is 1. The average Bonchev–Trinajstić information content (AvgIpc) is 3.08. The van der Waals surface area contributed by atoms with Crippen LogP contribution in [0, 0.1) is 0 Å². The van der Waals surface area contributed by atoms with Gasteiger partial charge < -0.3 is 18.6 Å². The second-order valence-electron chi connectivity index (χ2n) is 6.42. The number of hydrogen-bond acceptors (Lipinski definition) is 6. The van der Waals surface area contributed by atoms with Crippen LogP contribution < -0.4 is 0 Å². The predicted octanol–water partition coefficient (Wildman–Crippen LogP) is 5.60. The van der Waals surface area contributed by atoms with Crippen molar-refractivity contribution < 1.29 is 27.9 Å². The zero-order chi connectivity index (χ0) is 21.4. The van der Waals surface area contributed by atoms with Crippen molar-refractivity contribution in [3.63, 3.8) is 0 Å². The molecule has 0 radical (unpaired) electrons. The number of aliphatic carboxylic acids is 1. The molecule has 160 valence electrons. The first kappa shape index (κ1) is 23.6. The molecule has 1 heterocycles. The predicted molar refractivity (Wildman–Crippen MR) is 112 cm³/mol. The molecule has 0 saturated carbocycles. The van der Waals surface area contributed by atoms with E-state index in [1.807, 2.05) is 12.1 Å². The molecule has 9 heteroatoms. The average molecular weight is 444 g/mol. The van der Waals surface area contributed by atoms with Crippen LogP contribution in [-0.2, 0) is 31.2 Å². The highest BCUT2D eigenvalue weighted by molar-refractivity contribution is 7.55. The summed E-state index contributed by atoms with van der Waals surface area (Å²) in [4.78, 5) is 16.4. The van der Waals surface area contributed by atoms with E-state index in [2.05, 4.69) is 11.9 Å². The van der Waals surface area contributed by atoms with Crippen LogP contribution in [0.15, 0.2) is 28.7 Å². The third-order valence-corrected chi connectivity index (χ3v) is 6.92. The molecule has 0 fully saturated rings. The minimum absolute atomic E-state index is 0.0738. The molecule has 1 aromatic heterocycles. The summed E-state index contributed by atoms with van der Waals surface area (Å²) in [5.41, 5.74) is 0.0511. The van der Waals surface area contributed by atoms with E-state index in [1.165, 1.54) is 0 Å². The minimum Gasteiger partial charge on any atom is -0.481 e. The van der Waals surface area contributed by atoms with Gasteiger partial charge in [0.1, 0.15) is 11.5 Å². The Labute approximate surface area is 175 Å². The zero-order valence-electron chi connectivity index (χ0n) is 16.9. The number of hydrogen-bond donors (Lipinski definition) is 1. The van der Waals surface area contributed by atoms with Crippen LogP contribution in [0.3, 0.4) is 0 Å². The van der Waals surface area contributed by atoms with E-state index in [1.54, 1.807) is 26.0 Å². The van der Waals surface area contributed by atoms with Gasteiger partial charge in [-0.1, -0.05) is 37.1 Å². The lowest BCUT2D eigenvalue weighted by Crippen LogP contribution is -2.25. The van der Waals surface area contributed by atoms with E-state index >= 15 is 0 Å². The van der Waals surface area contributed by atoms with Crippen LogP contribution in [0.1, 0.15) is 45.3 Å². The van der Waals surface area contributed by atoms with Gasteiger partial charge in [0, 0.05) is 23.4 Å². The van der Waals surface area contributed by atoms with Gasteiger partial charge in [-0.15, -0.1) is 0 Å². The van der Waals surface area contributed by atoms with E-state index < -0.39 is 19.2 Å². The molecule has 1 aromatic carbocycles. The highest BCUT2D eigenvalue weighted by Crippen LogP contribution is 2.54. The molecule has 0 amide bonds. The Morgan fingerprint density at radius 1 is 1.21 bits per heavy atom. The smallest absolute Gasteiger partial charge is 0.345 e. The van der Waals surface area contributed by atoms with E-state index in [-0.39, 0.29) is 25.5 Å². The molecule has 0 aliphatic carbocycles. The Kier molecular flexibility index (Phi) is 8.90. The largest absolute Gasteiger partial charge is 0.481 e. The Morgan fingerprint density at radius 2 is 1.83 bits per heavy atom. The SMILES string of the molecule is CCCCc1oc(CC(C(=O)O)P(=O)(OCC)OCC)nc1-c1ccc(Cl)cc1. The van der Waals surface area contributed by atoms with Crippen LogP contribution in [-0.4, -0.2) is 34.9 Å². The highest BCUT2D eigenvalue weighted by atomic mass is 35.5. The fraction of sp³-hybridized carbons (Fsp3) is 0.500. The number of nitrogens with zero attached hydrogens (tertiary/aromatic N) is 1. The summed E-state index contributed by atoms with van der Waals surface area (Å²) in [6, 6.07) is 7.18. The third-order valence-electron chi connectivity index (χ3n) is 4.27. The lowest BCUT2D eigenvalue weighted by molar-refractivity contribution is -0.137. The van der Waals surface area contributed by atoms with Crippen molar-refractivity contribution in [2.24, 2.45) is 0 Å². The first-order chi connectivity index (χ1) is 13.8. The summed E-state index contributed by atoms with van der Waals surface area (Å²) in [7, 11) is -3.87. The van der Waals surface area contributed by atoms with Crippen molar-refractivity contribution in [3.8, 4) is 11.3 Å². The molecular formula is C20H27ClNO6P. The Bertz CT molecular complexity index is 841. The molecule has 2 aromatic rings. The molecule has 0 saturated heterocycles. The summed E-state index contributed by atoms with van der Waals surface area (Å²) in [6.45, 7) is 5.49. The van der Waals surface area contributed by atoms with E-state index in [0.29, 0.717) is 22.9 Å². The first-order valence-electron chi connectivity index (χ1n) is 9.70. The lowest BCUT2D eigenvalue weighted by atomic mass is 10.1. The third kappa shape index (κ3) is 6.16. The van der Waals surface area contributed by atoms with Gasteiger partial charge in [-0.25, -0.2) is 4.98 Å². The second-order valence-corrected chi connectivity index (χ2v) is 9.08. The molecule has 0 aliphatic heterocycles. The molecule has 0 spiro atoms. The molecular weight excluding hydrogens is 417 g/mol. The van der Waals surface area contributed by atoms with Crippen LogP contribution in [0.4, 0.5) is 0 Å². The fourth-order valence-corrected chi connectivity index (χ4v) is 4.84. The zero-order valence-corrected chi connectivity index (χ0v) is 18.5. The monoisotopic (exact) mass is 443 g/mol. The summed E-state index contributed by atoms with van der Waals surface area (Å²) >= 11 is 5.97. The number of oxazole rings is 1. The van der Waals surface area contributed by atoms with Crippen LogP contribution in [0.2, 0.25) is 5.02 Å². The fourth-order valence-electron chi connectivity index (χ4n) is 2.90. The number of benzene rings is 1. The second kappa shape index (κ2) is 10.9. The molecule has 1 unspecified atom stereocenters. The summed E-state index contributed by atoms with van der Waals surface area (Å²) < 4.78 is 29.4. The number of carboxylic acids is 1. The standard InChI is InChI=1S/C20H27ClNO6P/c1-4-7-8-16-19(14-9-11-15(21)12-10-14)22-18(28-16)13-17(20(23)24)29(25,26-5-2)27-6-3/h9-12,17H,4-8,13H2,1-3H3,(H,23,24). The Morgan fingerprint density at radius 3 is 2.34 bits per heavy atom. The summed E-state index contributed by atoms with van der Waals surface area (Å²) in [6.07, 6.45) is 2.33. The maximum atomic E-state index is 13.0. The van der Waals surface area contributed by atoms with Crippen LogP contribution in [0.5, 0.6) is 0 Å². The topological polar surface area (TPSA) is 98.9 Å². The van der Waals surface area contributed by atoms with Gasteiger partial charge in [0.25, 0.3) is 0 Å². The highest BCUT2D eigenvalue weighted by Gasteiger charge is 2.42. The quantitative estimate of drug-likeness (QED) is 0.426. The maximum absolute atomic E-state index is 13.0. The van der Waals surface area contributed by atoms with Gasteiger partial charge in [-0.2, -0.15) is 0 Å². The molecule has 7 nitrogen and oxygen atoms in total. The number of rotatable bonds is 12. The molecule has 1 N–H and O–H groups in total. The number of aromatic nitrogens is 1. The molecule has 0 bridgehead atoms. The van der Waals surface area contributed by atoms with Gasteiger partial charge in [0.2, 0.25) is 0 Å². The van der Waals surface area contributed by atoms with Crippen LogP contribution in [0.25, 0.3) is 11.3 Å². The van der Waals surface area contributed by atoms with E-state index in [4.69, 9.17) is 25.1 Å². The molecule has 29 heavy (non-hydrogen) atoms. The number of halogens is 1. The first-order valence-corrected chi connectivity index (χ1v) is 11.7. The van der Waals surface area contributed by atoms with Gasteiger partial charge in [-0.3, -0.25) is 9.36 Å². The van der Waals surface area contributed by atoms with Gasteiger partial charge in [0.15, 0.2) is 11.5 Å². The number of aryl methyl sites for hydroxylation is 1. The molecule has 2 rings (SSSR count). The lowest BCUT2D eigenvalue weighted by Gasteiger charge is -2.22.